The van der Waals surface area contributed by atoms with Gasteiger partial charge in [0.2, 0.25) is 21.8 Å². The van der Waals surface area contributed by atoms with Gasteiger partial charge in [0.1, 0.15) is 18.4 Å². The van der Waals surface area contributed by atoms with Crippen LogP contribution in [0.15, 0.2) is 84.9 Å². The Balaban J connectivity index is 2.02. The van der Waals surface area contributed by atoms with E-state index in [1.807, 2.05) is 67.6 Å². The van der Waals surface area contributed by atoms with Gasteiger partial charge in [-0.05, 0) is 35.7 Å². The van der Waals surface area contributed by atoms with Crippen molar-refractivity contribution in [3.8, 4) is 0 Å². The second-order valence-electron chi connectivity index (χ2n) is 8.75. The van der Waals surface area contributed by atoms with Crippen molar-refractivity contribution in [3.05, 3.63) is 102 Å². The van der Waals surface area contributed by atoms with Crippen molar-refractivity contribution in [1.82, 2.24) is 10.2 Å². The molecule has 37 heavy (non-hydrogen) atoms. The highest BCUT2D eigenvalue weighted by Crippen LogP contribution is 2.21. The molecule has 3 aromatic rings. The van der Waals surface area contributed by atoms with Crippen molar-refractivity contribution < 1.29 is 22.4 Å². The van der Waals surface area contributed by atoms with Crippen LogP contribution in [0.1, 0.15) is 24.5 Å². The zero-order valence-electron chi connectivity index (χ0n) is 21.0. The van der Waals surface area contributed by atoms with E-state index in [0.29, 0.717) is 6.54 Å². The summed E-state index contributed by atoms with van der Waals surface area (Å²) < 4.78 is 40.1. The van der Waals surface area contributed by atoms with Gasteiger partial charge in [-0.15, -0.1) is 0 Å². The summed E-state index contributed by atoms with van der Waals surface area (Å²) in [5.41, 5.74) is 1.68. The molecule has 0 bridgehead atoms. The maximum Gasteiger partial charge on any atom is 0.244 e. The van der Waals surface area contributed by atoms with Crippen molar-refractivity contribution in [2.24, 2.45) is 0 Å². The molecule has 3 rings (SSSR count). The summed E-state index contributed by atoms with van der Waals surface area (Å²) in [5, 5.41) is 2.88. The van der Waals surface area contributed by atoms with Crippen LogP contribution in [0, 0.1) is 5.82 Å². The van der Waals surface area contributed by atoms with E-state index in [1.165, 1.54) is 23.1 Å². The van der Waals surface area contributed by atoms with Gasteiger partial charge in [-0.2, -0.15) is 0 Å². The molecule has 0 aromatic heterocycles. The lowest BCUT2D eigenvalue weighted by atomic mass is 10.0. The third kappa shape index (κ3) is 8.15. The highest BCUT2D eigenvalue weighted by Gasteiger charge is 2.32. The van der Waals surface area contributed by atoms with Gasteiger partial charge < -0.3 is 10.2 Å². The van der Waals surface area contributed by atoms with E-state index in [9.17, 15) is 22.4 Å². The van der Waals surface area contributed by atoms with Gasteiger partial charge in [-0.3, -0.25) is 13.9 Å². The fraction of sp³-hybridized carbons (Fsp3) is 0.286. The number of carbonyl (C=O) groups is 2. The van der Waals surface area contributed by atoms with Crippen LogP contribution in [0.2, 0.25) is 0 Å². The molecule has 0 aliphatic heterocycles. The number of anilines is 1. The van der Waals surface area contributed by atoms with Gasteiger partial charge in [0.05, 0.1) is 11.9 Å². The Hall–Kier alpha value is -3.72. The minimum atomic E-state index is -3.94. The number of rotatable bonds is 12. The molecule has 0 spiro atoms. The van der Waals surface area contributed by atoms with E-state index in [2.05, 4.69) is 5.32 Å². The van der Waals surface area contributed by atoms with Crippen LogP contribution in [0.3, 0.4) is 0 Å². The van der Waals surface area contributed by atoms with E-state index in [4.69, 9.17) is 0 Å². The third-order valence-electron chi connectivity index (χ3n) is 5.79. The first kappa shape index (κ1) is 27.9. The first-order valence-corrected chi connectivity index (χ1v) is 13.9. The van der Waals surface area contributed by atoms with Crippen molar-refractivity contribution >= 4 is 27.5 Å². The molecule has 0 saturated heterocycles. The second-order valence-corrected chi connectivity index (χ2v) is 10.7. The summed E-state index contributed by atoms with van der Waals surface area (Å²) in [6.45, 7) is 1.89. The van der Waals surface area contributed by atoms with E-state index < -0.39 is 34.3 Å². The molecule has 2 amide bonds. The molecule has 196 valence electrons. The number of carbonyl (C=O) groups excluding carboxylic acids is 2. The molecule has 7 nitrogen and oxygen atoms in total. The monoisotopic (exact) mass is 525 g/mol. The van der Waals surface area contributed by atoms with Crippen LogP contribution < -0.4 is 9.62 Å². The lowest BCUT2D eigenvalue weighted by Crippen LogP contribution is -2.53. The van der Waals surface area contributed by atoms with Crippen molar-refractivity contribution in [1.29, 1.82) is 0 Å². The average molecular weight is 526 g/mol. The van der Waals surface area contributed by atoms with Gasteiger partial charge >= 0.3 is 0 Å². The molecule has 0 heterocycles. The quantitative estimate of drug-likeness (QED) is 0.390. The topological polar surface area (TPSA) is 86.8 Å². The predicted molar refractivity (Wildman–Crippen MR) is 143 cm³/mol. The zero-order chi connectivity index (χ0) is 26.8. The van der Waals surface area contributed by atoms with Crippen LogP contribution in [0.4, 0.5) is 10.1 Å². The van der Waals surface area contributed by atoms with Crippen molar-refractivity contribution in [2.75, 3.05) is 23.7 Å². The first-order chi connectivity index (χ1) is 17.7. The Morgan fingerprint density at radius 3 is 2.11 bits per heavy atom. The van der Waals surface area contributed by atoms with E-state index in [0.717, 1.165) is 34.2 Å². The number of hydrogen-bond acceptors (Lipinski definition) is 4. The largest absolute Gasteiger partial charge is 0.354 e. The van der Waals surface area contributed by atoms with Crippen LogP contribution in [0.25, 0.3) is 0 Å². The maximum absolute atomic E-state index is 13.9. The number of sulfonamides is 1. The van der Waals surface area contributed by atoms with Gasteiger partial charge in [-0.25, -0.2) is 12.8 Å². The molecule has 3 aromatic carbocycles. The summed E-state index contributed by atoms with van der Waals surface area (Å²) >= 11 is 0. The molecular weight excluding hydrogens is 493 g/mol. The van der Waals surface area contributed by atoms with Crippen LogP contribution in [-0.4, -0.2) is 50.5 Å². The minimum absolute atomic E-state index is 0.0329. The number of hydrogen-bond donors (Lipinski definition) is 1. The fourth-order valence-electron chi connectivity index (χ4n) is 3.95. The summed E-state index contributed by atoms with van der Waals surface area (Å²) in [6.07, 6.45) is 1.92. The molecule has 1 unspecified atom stereocenters. The second kappa shape index (κ2) is 13.0. The molecule has 0 aliphatic rings. The summed E-state index contributed by atoms with van der Waals surface area (Å²) in [5.74, 6) is -1.53. The smallest absolute Gasteiger partial charge is 0.244 e. The van der Waals surface area contributed by atoms with E-state index in [1.54, 1.807) is 0 Å². The Labute approximate surface area is 218 Å². The number of benzene rings is 3. The first-order valence-electron chi connectivity index (χ1n) is 12.1. The van der Waals surface area contributed by atoms with Gasteiger partial charge in [0, 0.05) is 19.5 Å². The number of nitrogens with zero attached hydrogens (tertiary/aromatic N) is 2. The Kier molecular flexibility index (Phi) is 9.79. The summed E-state index contributed by atoms with van der Waals surface area (Å²) in [4.78, 5) is 28.6. The number of nitrogens with one attached hydrogen (secondary N) is 1. The molecular formula is C28H32FN3O4S. The van der Waals surface area contributed by atoms with Crippen LogP contribution in [0.5, 0.6) is 0 Å². The highest BCUT2D eigenvalue weighted by atomic mass is 32.2. The number of amides is 2. The lowest BCUT2D eigenvalue weighted by molar-refractivity contribution is -0.140. The standard InChI is InChI=1S/C28H32FN3O4S/c1-3-17-30-28(34)26(18-22-11-6-4-7-12-22)31(20-23-13-8-5-9-14-23)27(33)21-32(37(2,35)36)25-16-10-15-24(29)19-25/h4-16,19,26H,3,17-18,20-21H2,1-2H3,(H,30,34). The summed E-state index contributed by atoms with van der Waals surface area (Å²) in [7, 11) is -3.94. The van der Waals surface area contributed by atoms with Gasteiger partial charge in [0.15, 0.2) is 0 Å². The number of halogens is 1. The maximum atomic E-state index is 13.9. The van der Waals surface area contributed by atoms with Crippen LogP contribution in [-0.2, 0) is 32.6 Å². The molecule has 9 heteroatoms. The Morgan fingerprint density at radius 2 is 1.54 bits per heavy atom. The normalized spacial score (nSPS) is 12.0. The average Bonchev–Trinajstić information content (AvgIpc) is 2.88. The highest BCUT2D eigenvalue weighted by molar-refractivity contribution is 7.92. The minimum Gasteiger partial charge on any atom is -0.354 e. The molecule has 1 N–H and O–H groups in total. The van der Waals surface area contributed by atoms with Gasteiger partial charge in [-0.1, -0.05) is 73.7 Å². The Morgan fingerprint density at radius 1 is 0.919 bits per heavy atom. The summed E-state index contributed by atoms with van der Waals surface area (Å²) in [6, 6.07) is 22.7. The molecule has 0 radical (unpaired) electrons. The lowest BCUT2D eigenvalue weighted by Gasteiger charge is -2.33. The Bertz CT molecular complexity index is 1290. The third-order valence-corrected chi connectivity index (χ3v) is 6.93. The van der Waals surface area contributed by atoms with E-state index >= 15 is 0 Å². The molecule has 1 atom stereocenters. The zero-order valence-corrected chi connectivity index (χ0v) is 21.8. The van der Waals surface area contributed by atoms with Crippen molar-refractivity contribution in [2.45, 2.75) is 32.4 Å². The SMILES string of the molecule is CCCNC(=O)C(Cc1ccccc1)N(Cc1ccccc1)C(=O)CN(c1cccc(F)c1)S(C)(=O)=O. The molecule has 0 fully saturated rings. The van der Waals surface area contributed by atoms with Gasteiger partial charge in [0.25, 0.3) is 0 Å². The van der Waals surface area contributed by atoms with E-state index in [-0.39, 0.29) is 24.6 Å². The predicted octanol–water partition coefficient (Wildman–Crippen LogP) is 3.76. The molecule has 0 aliphatic carbocycles. The van der Waals surface area contributed by atoms with Crippen molar-refractivity contribution in [3.63, 3.8) is 0 Å². The molecule has 0 saturated carbocycles. The van der Waals surface area contributed by atoms with Crippen LogP contribution >= 0.6 is 0 Å². The fourth-order valence-corrected chi connectivity index (χ4v) is 4.79.